The molecule has 2 aromatic rings. The van der Waals surface area contributed by atoms with Crippen LogP contribution in [0.1, 0.15) is 31.5 Å². The van der Waals surface area contributed by atoms with Crippen molar-refractivity contribution in [3.63, 3.8) is 0 Å². The molecule has 0 bridgehead atoms. The number of likely N-dealkylation sites (tertiary alicyclic amines) is 1. The standard InChI is InChI=1S/C20H23F4N5O4S/c1-34(31,32)13-4-5-15(14(21)11-13)25-16-3-2-8-29(17(16)30)12-6-9-28(10-7-12)19-26-18(27-33-19)20(22,23)24/h4-5,11-12,16,25H,2-3,6-10H2,1H3/t16-/m0/s1. The van der Waals surface area contributed by atoms with Crippen molar-refractivity contribution in [3.8, 4) is 0 Å². The number of benzene rings is 1. The first-order valence-corrected chi connectivity index (χ1v) is 12.5. The second-order valence-corrected chi connectivity index (χ2v) is 10.4. The summed E-state index contributed by atoms with van der Waals surface area (Å²) in [6.07, 6.45) is -1.53. The number of carbonyl (C=O) groups is 1. The van der Waals surface area contributed by atoms with Crippen molar-refractivity contribution in [2.24, 2.45) is 0 Å². The highest BCUT2D eigenvalue weighted by Gasteiger charge is 2.39. The number of hydrogen-bond acceptors (Lipinski definition) is 8. The van der Waals surface area contributed by atoms with E-state index in [0.717, 1.165) is 12.3 Å². The minimum Gasteiger partial charge on any atom is -0.371 e. The average Bonchev–Trinajstić information content (AvgIpc) is 3.27. The van der Waals surface area contributed by atoms with E-state index < -0.39 is 33.7 Å². The number of halogens is 4. The van der Waals surface area contributed by atoms with Gasteiger partial charge >= 0.3 is 12.2 Å². The van der Waals surface area contributed by atoms with E-state index in [0.29, 0.717) is 45.3 Å². The SMILES string of the molecule is CS(=O)(=O)c1ccc(N[C@H]2CCCN(C3CCN(c4nc(C(F)(F)F)no4)CC3)C2=O)c(F)c1. The Morgan fingerprint density at radius 2 is 1.85 bits per heavy atom. The van der Waals surface area contributed by atoms with Gasteiger partial charge in [0, 0.05) is 31.9 Å². The first-order chi connectivity index (χ1) is 15.9. The van der Waals surface area contributed by atoms with Gasteiger partial charge in [0.25, 0.3) is 5.82 Å². The number of amides is 1. The number of aromatic nitrogens is 2. The number of hydrogen-bond donors (Lipinski definition) is 1. The maximum atomic E-state index is 14.4. The Morgan fingerprint density at radius 1 is 1.15 bits per heavy atom. The maximum absolute atomic E-state index is 14.4. The smallest absolute Gasteiger partial charge is 0.371 e. The van der Waals surface area contributed by atoms with Crippen LogP contribution in [0.25, 0.3) is 0 Å². The van der Waals surface area contributed by atoms with E-state index in [9.17, 15) is 30.8 Å². The third kappa shape index (κ3) is 5.10. The van der Waals surface area contributed by atoms with Crippen LogP contribution < -0.4 is 10.2 Å². The Hall–Kier alpha value is -2.90. The number of piperidine rings is 2. The lowest BCUT2D eigenvalue weighted by Gasteiger charge is -2.42. The molecule has 14 heteroatoms. The molecule has 0 spiro atoms. The van der Waals surface area contributed by atoms with E-state index in [2.05, 4.69) is 15.5 Å². The molecule has 2 aliphatic heterocycles. The molecule has 1 aromatic heterocycles. The van der Waals surface area contributed by atoms with Crippen molar-refractivity contribution >= 4 is 27.4 Å². The molecule has 9 nitrogen and oxygen atoms in total. The Morgan fingerprint density at radius 3 is 2.44 bits per heavy atom. The second-order valence-electron chi connectivity index (χ2n) is 8.40. The second kappa shape index (κ2) is 9.04. The van der Waals surface area contributed by atoms with Crippen molar-refractivity contribution in [2.45, 2.75) is 48.8 Å². The van der Waals surface area contributed by atoms with Crippen molar-refractivity contribution in [1.29, 1.82) is 0 Å². The van der Waals surface area contributed by atoms with Crippen LogP contribution in [0, 0.1) is 5.82 Å². The third-order valence-electron chi connectivity index (χ3n) is 6.02. The minimum absolute atomic E-state index is 0.0410. The van der Waals surface area contributed by atoms with Crippen LogP contribution in [0.15, 0.2) is 27.6 Å². The molecule has 1 amide bonds. The first-order valence-electron chi connectivity index (χ1n) is 10.7. The molecule has 34 heavy (non-hydrogen) atoms. The van der Waals surface area contributed by atoms with Crippen molar-refractivity contribution in [3.05, 3.63) is 29.8 Å². The summed E-state index contributed by atoms with van der Waals surface area (Å²) in [6, 6.07) is 2.49. The van der Waals surface area contributed by atoms with Crippen LogP contribution in [0.3, 0.4) is 0 Å². The fourth-order valence-corrected chi connectivity index (χ4v) is 4.89. The molecule has 0 radical (unpaired) electrons. The Balaban J connectivity index is 1.38. The number of sulfone groups is 1. The van der Waals surface area contributed by atoms with Crippen LogP contribution in [0.4, 0.5) is 29.3 Å². The van der Waals surface area contributed by atoms with Gasteiger partial charge in [-0.25, -0.2) is 12.8 Å². The van der Waals surface area contributed by atoms with Crippen LogP contribution >= 0.6 is 0 Å². The molecular formula is C20H23F4N5O4S. The van der Waals surface area contributed by atoms with Gasteiger partial charge in [0.15, 0.2) is 9.84 Å². The van der Waals surface area contributed by atoms with Crippen LogP contribution in [-0.2, 0) is 20.8 Å². The van der Waals surface area contributed by atoms with E-state index in [1.54, 1.807) is 9.80 Å². The molecule has 1 N–H and O–H groups in total. The van der Waals surface area contributed by atoms with E-state index in [1.165, 1.54) is 12.1 Å². The molecule has 1 aromatic carbocycles. The number of rotatable bonds is 5. The van der Waals surface area contributed by atoms with Gasteiger partial charge in [-0.05, 0) is 49.0 Å². The highest BCUT2D eigenvalue weighted by Crippen LogP contribution is 2.30. The number of carbonyl (C=O) groups excluding carboxylic acids is 1. The van der Waals surface area contributed by atoms with Crippen molar-refractivity contribution < 1.29 is 35.3 Å². The summed E-state index contributed by atoms with van der Waals surface area (Å²) >= 11 is 0. The quantitative estimate of drug-likeness (QED) is 0.618. The molecule has 0 aliphatic carbocycles. The van der Waals surface area contributed by atoms with Gasteiger partial charge in [0.2, 0.25) is 5.91 Å². The Kier molecular flexibility index (Phi) is 6.44. The van der Waals surface area contributed by atoms with Gasteiger partial charge in [0.05, 0.1) is 10.6 Å². The molecule has 0 saturated carbocycles. The minimum atomic E-state index is -4.69. The van der Waals surface area contributed by atoms with E-state index in [1.807, 2.05) is 0 Å². The van der Waals surface area contributed by atoms with Gasteiger partial charge in [-0.15, -0.1) is 0 Å². The fraction of sp³-hybridized carbons (Fsp3) is 0.550. The lowest BCUT2D eigenvalue weighted by Crippen LogP contribution is -2.54. The average molecular weight is 505 g/mol. The van der Waals surface area contributed by atoms with E-state index >= 15 is 0 Å². The molecule has 186 valence electrons. The van der Waals surface area contributed by atoms with Gasteiger partial charge in [-0.3, -0.25) is 4.79 Å². The Labute approximate surface area is 193 Å². The fourth-order valence-electron chi connectivity index (χ4n) is 4.26. The monoisotopic (exact) mass is 505 g/mol. The van der Waals surface area contributed by atoms with Crippen LogP contribution in [0.2, 0.25) is 0 Å². The zero-order valence-corrected chi connectivity index (χ0v) is 19.0. The molecule has 0 unspecified atom stereocenters. The molecule has 2 aliphatic rings. The highest BCUT2D eigenvalue weighted by atomic mass is 32.2. The number of anilines is 2. The van der Waals surface area contributed by atoms with Gasteiger partial charge in [0.1, 0.15) is 11.9 Å². The van der Waals surface area contributed by atoms with Gasteiger partial charge < -0.3 is 19.6 Å². The lowest BCUT2D eigenvalue weighted by atomic mass is 9.97. The predicted octanol–water partition coefficient (Wildman–Crippen LogP) is 2.70. The molecule has 3 heterocycles. The summed E-state index contributed by atoms with van der Waals surface area (Å²) < 4.78 is 80.5. The van der Waals surface area contributed by atoms with Crippen molar-refractivity contribution in [1.82, 2.24) is 15.0 Å². The first kappa shape index (κ1) is 24.2. The van der Waals surface area contributed by atoms with Crippen molar-refractivity contribution in [2.75, 3.05) is 36.1 Å². The molecule has 4 rings (SSSR count). The topological polar surface area (TPSA) is 109 Å². The largest absolute Gasteiger partial charge is 0.455 e. The number of nitrogens with zero attached hydrogens (tertiary/aromatic N) is 4. The molecule has 2 saturated heterocycles. The summed E-state index contributed by atoms with van der Waals surface area (Å²) in [5, 5.41) is 5.86. The normalized spacial score (nSPS) is 20.6. The van der Waals surface area contributed by atoms with Gasteiger partial charge in [-0.2, -0.15) is 18.2 Å². The van der Waals surface area contributed by atoms with Gasteiger partial charge in [-0.1, -0.05) is 0 Å². The molecule has 1 atom stereocenters. The number of alkyl halides is 3. The molecule has 2 fully saturated rings. The molecular weight excluding hydrogens is 482 g/mol. The summed E-state index contributed by atoms with van der Waals surface area (Å²) in [7, 11) is -3.56. The van der Waals surface area contributed by atoms with E-state index in [-0.39, 0.29) is 28.5 Å². The summed E-state index contributed by atoms with van der Waals surface area (Å²) in [5.41, 5.74) is 0.0410. The van der Waals surface area contributed by atoms with Crippen LogP contribution in [-0.4, -0.2) is 67.3 Å². The van der Waals surface area contributed by atoms with Crippen LogP contribution in [0.5, 0.6) is 0 Å². The number of nitrogens with one attached hydrogen (secondary N) is 1. The summed E-state index contributed by atoms with van der Waals surface area (Å²) in [4.78, 5) is 19.6. The summed E-state index contributed by atoms with van der Waals surface area (Å²) in [6.45, 7) is 1.21. The lowest BCUT2D eigenvalue weighted by molar-refractivity contribution is -0.146. The van der Waals surface area contributed by atoms with E-state index in [4.69, 9.17) is 4.52 Å². The zero-order valence-electron chi connectivity index (χ0n) is 18.2. The third-order valence-corrected chi connectivity index (χ3v) is 7.13. The predicted molar refractivity (Wildman–Crippen MR) is 112 cm³/mol. The maximum Gasteiger partial charge on any atom is 0.455 e. The highest BCUT2D eigenvalue weighted by molar-refractivity contribution is 7.90. The summed E-state index contributed by atoms with van der Waals surface area (Å²) in [5.74, 6) is -2.30. The zero-order chi connectivity index (χ0) is 24.7. The Bertz CT molecular complexity index is 1160.